The fraction of sp³-hybridized carbons (Fsp3) is 0.391. The van der Waals surface area contributed by atoms with Gasteiger partial charge in [-0.25, -0.2) is 4.39 Å². The van der Waals surface area contributed by atoms with E-state index in [-0.39, 0.29) is 42.6 Å². The number of rotatable bonds is 6. The second kappa shape index (κ2) is 9.32. The largest absolute Gasteiger partial charge is 0.486 e. The van der Waals surface area contributed by atoms with Gasteiger partial charge < -0.3 is 20.1 Å². The van der Waals surface area contributed by atoms with Crippen molar-refractivity contribution in [1.29, 1.82) is 5.26 Å². The highest BCUT2D eigenvalue weighted by atomic mass is 19.1. The van der Waals surface area contributed by atoms with E-state index in [0.29, 0.717) is 16.9 Å². The standard InChI is InChI=1S/C23H23FN4O4/c24-18-12-28(22(30)13-29)8-6-21(18)32-20-4-3-15(9-16(20)11-25)19-10-17(5-7-26-19)27-23(31)14-1-2-14/h3-5,7,9-10,14,18,21,29H,1-2,6,8,12-13H2,(H,26,27,31)/t18-,21-/m1/s1. The lowest BCUT2D eigenvalue weighted by molar-refractivity contribution is -0.138. The number of nitrogens with zero attached hydrogens (tertiary/aromatic N) is 3. The molecule has 32 heavy (non-hydrogen) atoms. The molecule has 2 aliphatic rings. The Morgan fingerprint density at radius 2 is 2.09 bits per heavy atom. The summed E-state index contributed by atoms with van der Waals surface area (Å²) in [6, 6.07) is 10.5. The molecule has 8 nitrogen and oxygen atoms in total. The van der Waals surface area contributed by atoms with Crippen molar-refractivity contribution in [1.82, 2.24) is 9.88 Å². The number of aliphatic hydroxyl groups excluding tert-OH is 1. The zero-order valence-electron chi connectivity index (χ0n) is 17.3. The number of carbonyl (C=O) groups excluding carboxylic acids is 2. The molecule has 9 heteroatoms. The van der Waals surface area contributed by atoms with E-state index >= 15 is 0 Å². The van der Waals surface area contributed by atoms with Crippen LogP contribution in [0.4, 0.5) is 10.1 Å². The molecule has 1 aromatic carbocycles. The van der Waals surface area contributed by atoms with Crippen LogP contribution in [0.2, 0.25) is 0 Å². The average molecular weight is 438 g/mol. The van der Waals surface area contributed by atoms with Gasteiger partial charge in [-0.1, -0.05) is 0 Å². The van der Waals surface area contributed by atoms with E-state index in [0.717, 1.165) is 12.8 Å². The van der Waals surface area contributed by atoms with Crippen LogP contribution in [0.3, 0.4) is 0 Å². The van der Waals surface area contributed by atoms with Crippen LogP contribution in [0, 0.1) is 17.2 Å². The van der Waals surface area contributed by atoms with Gasteiger partial charge >= 0.3 is 0 Å². The second-order valence-corrected chi connectivity index (χ2v) is 7.97. The van der Waals surface area contributed by atoms with Gasteiger partial charge in [0.15, 0.2) is 6.17 Å². The molecule has 2 atom stereocenters. The number of hydrogen-bond acceptors (Lipinski definition) is 6. The molecule has 1 aliphatic heterocycles. The molecule has 2 aromatic rings. The Balaban J connectivity index is 1.47. The number of aromatic nitrogens is 1. The van der Waals surface area contributed by atoms with Gasteiger partial charge in [0.2, 0.25) is 11.8 Å². The van der Waals surface area contributed by atoms with Gasteiger partial charge in [0.05, 0.1) is 17.8 Å². The van der Waals surface area contributed by atoms with Crippen molar-refractivity contribution in [3.63, 3.8) is 0 Å². The Hall–Kier alpha value is -3.51. The first-order valence-corrected chi connectivity index (χ1v) is 10.5. The lowest BCUT2D eigenvalue weighted by Gasteiger charge is -2.34. The van der Waals surface area contributed by atoms with Gasteiger partial charge in [-0.05, 0) is 43.2 Å². The Morgan fingerprint density at radius 3 is 2.78 bits per heavy atom. The zero-order valence-corrected chi connectivity index (χ0v) is 17.3. The first kappa shape index (κ1) is 21.7. The van der Waals surface area contributed by atoms with Crippen molar-refractivity contribution in [3.05, 3.63) is 42.1 Å². The molecule has 1 saturated heterocycles. The lowest BCUT2D eigenvalue weighted by Crippen LogP contribution is -2.50. The number of alkyl halides is 1. The average Bonchev–Trinajstić information content (AvgIpc) is 3.66. The topological polar surface area (TPSA) is 116 Å². The number of carbonyl (C=O) groups is 2. The first-order chi connectivity index (χ1) is 15.5. The van der Waals surface area contributed by atoms with Gasteiger partial charge in [0, 0.05) is 36.3 Å². The number of nitrogens with one attached hydrogen (secondary N) is 1. The van der Waals surface area contributed by atoms with E-state index in [4.69, 9.17) is 9.84 Å². The van der Waals surface area contributed by atoms with Crippen molar-refractivity contribution in [2.75, 3.05) is 25.0 Å². The predicted octanol–water partition coefficient (Wildman–Crippen LogP) is 2.28. The van der Waals surface area contributed by atoms with Crippen LogP contribution < -0.4 is 10.1 Å². The van der Waals surface area contributed by atoms with Crippen molar-refractivity contribution in [2.45, 2.75) is 31.5 Å². The molecule has 0 radical (unpaired) electrons. The van der Waals surface area contributed by atoms with Gasteiger partial charge in [-0.2, -0.15) is 5.26 Å². The van der Waals surface area contributed by atoms with Gasteiger partial charge in [-0.3, -0.25) is 14.6 Å². The van der Waals surface area contributed by atoms with Crippen LogP contribution in [0.15, 0.2) is 36.5 Å². The Morgan fingerprint density at radius 1 is 1.28 bits per heavy atom. The molecule has 2 N–H and O–H groups in total. The van der Waals surface area contributed by atoms with Gasteiger partial charge in [0.1, 0.15) is 24.5 Å². The maximum absolute atomic E-state index is 14.5. The molecule has 1 saturated carbocycles. The third-order valence-corrected chi connectivity index (χ3v) is 5.62. The van der Waals surface area contributed by atoms with Crippen LogP contribution in [-0.2, 0) is 9.59 Å². The first-order valence-electron chi connectivity index (χ1n) is 10.5. The summed E-state index contributed by atoms with van der Waals surface area (Å²) in [5, 5.41) is 21.4. The zero-order chi connectivity index (χ0) is 22.7. The van der Waals surface area contributed by atoms with E-state index in [9.17, 15) is 19.2 Å². The summed E-state index contributed by atoms with van der Waals surface area (Å²) < 4.78 is 20.3. The summed E-state index contributed by atoms with van der Waals surface area (Å²) in [7, 11) is 0. The van der Waals surface area contributed by atoms with E-state index in [1.807, 2.05) is 0 Å². The fourth-order valence-electron chi connectivity index (χ4n) is 3.64. The molecule has 0 bridgehead atoms. The van der Waals surface area contributed by atoms with E-state index < -0.39 is 24.8 Å². The lowest BCUT2D eigenvalue weighted by atomic mass is 10.0. The van der Waals surface area contributed by atoms with Crippen molar-refractivity contribution in [3.8, 4) is 23.1 Å². The summed E-state index contributed by atoms with van der Waals surface area (Å²) >= 11 is 0. The highest BCUT2D eigenvalue weighted by molar-refractivity contribution is 5.94. The molecule has 1 aliphatic carbocycles. The van der Waals surface area contributed by atoms with Crippen LogP contribution >= 0.6 is 0 Å². The van der Waals surface area contributed by atoms with Crippen LogP contribution in [0.1, 0.15) is 24.8 Å². The summed E-state index contributed by atoms with van der Waals surface area (Å²) in [4.78, 5) is 29.2. The summed E-state index contributed by atoms with van der Waals surface area (Å²) in [6.45, 7) is -0.543. The number of piperidine rings is 1. The Bertz CT molecular complexity index is 1070. The molecule has 2 heterocycles. The minimum absolute atomic E-state index is 0.00359. The van der Waals surface area contributed by atoms with Crippen molar-refractivity contribution < 1.29 is 23.8 Å². The molecule has 0 unspecified atom stereocenters. The van der Waals surface area contributed by atoms with Crippen LogP contribution in [0.5, 0.6) is 5.75 Å². The SMILES string of the molecule is N#Cc1cc(-c2cc(NC(=O)C3CC3)ccn2)ccc1O[C@@H]1CCN(C(=O)CO)C[C@H]1F. The maximum Gasteiger partial charge on any atom is 0.248 e. The number of amides is 2. The number of hydrogen-bond donors (Lipinski definition) is 2. The van der Waals surface area contributed by atoms with Gasteiger partial charge in [0.25, 0.3) is 0 Å². The number of aliphatic hydroxyl groups is 1. The number of nitriles is 1. The van der Waals surface area contributed by atoms with Crippen LogP contribution in [0.25, 0.3) is 11.3 Å². The molecule has 2 fully saturated rings. The monoisotopic (exact) mass is 438 g/mol. The van der Waals surface area contributed by atoms with Gasteiger partial charge in [-0.15, -0.1) is 0 Å². The minimum atomic E-state index is -1.43. The summed E-state index contributed by atoms with van der Waals surface area (Å²) in [5.74, 6) is -0.183. The second-order valence-electron chi connectivity index (χ2n) is 7.97. The molecule has 0 spiro atoms. The highest BCUT2D eigenvalue weighted by Gasteiger charge is 2.33. The molecular weight excluding hydrogens is 415 g/mol. The normalized spacial score (nSPS) is 20.3. The predicted molar refractivity (Wildman–Crippen MR) is 113 cm³/mol. The number of likely N-dealkylation sites (tertiary alicyclic amines) is 1. The van der Waals surface area contributed by atoms with E-state index in [2.05, 4.69) is 16.4 Å². The molecule has 2 amide bonds. The number of halogens is 1. The molecule has 166 valence electrons. The maximum atomic E-state index is 14.5. The quantitative estimate of drug-likeness (QED) is 0.715. The molecular formula is C23H23FN4O4. The minimum Gasteiger partial charge on any atom is -0.486 e. The summed E-state index contributed by atoms with van der Waals surface area (Å²) in [6.07, 6.45) is 1.43. The Labute approximate surface area is 184 Å². The van der Waals surface area contributed by atoms with E-state index in [1.54, 1.807) is 36.5 Å². The molecule has 4 rings (SSSR count). The number of benzene rings is 1. The fourth-order valence-corrected chi connectivity index (χ4v) is 3.64. The molecule has 1 aromatic heterocycles. The number of pyridine rings is 1. The third kappa shape index (κ3) is 4.86. The third-order valence-electron chi connectivity index (χ3n) is 5.62. The Kier molecular flexibility index (Phi) is 6.32. The smallest absolute Gasteiger partial charge is 0.248 e. The van der Waals surface area contributed by atoms with Crippen molar-refractivity contribution in [2.24, 2.45) is 5.92 Å². The number of ether oxygens (including phenoxy) is 1. The van der Waals surface area contributed by atoms with Crippen LogP contribution in [-0.4, -0.2) is 58.8 Å². The van der Waals surface area contributed by atoms with Crippen molar-refractivity contribution >= 4 is 17.5 Å². The summed E-state index contributed by atoms with van der Waals surface area (Å²) in [5.41, 5.74) is 2.12. The highest BCUT2D eigenvalue weighted by Crippen LogP contribution is 2.32. The number of anilines is 1. The van der Waals surface area contributed by atoms with E-state index in [1.165, 1.54) is 4.90 Å².